The van der Waals surface area contributed by atoms with Crippen molar-refractivity contribution in [1.82, 2.24) is 14.8 Å². The molecular formula is C10H11N3O4. The standard InChI is InChI=1S/C10H11N3O4/c1-12-3-2-6(4-12)8-9(16)13(5-7(14)15)10(17)11-8/h2-4,8H,5H2,1H3,(H,11,17)(H,14,15). The van der Waals surface area contributed by atoms with E-state index in [0.717, 1.165) is 0 Å². The van der Waals surface area contributed by atoms with E-state index in [0.29, 0.717) is 10.5 Å². The Labute approximate surface area is 96.6 Å². The first kappa shape index (κ1) is 11.2. The van der Waals surface area contributed by atoms with Gasteiger partial charge >= 0.3 is 12.0 Å². The van der Waals surface area contributed by atoms with Crippen molar-refractivity contribution < 1.29 is 19.5 Å². The smallest absolute Gasteiger partial charge is 0.325 e. The summed E-state index contributed by atoms with van der Waals surface area (Å²) in [5.41, 5.74) is 0.638. The number of hydrogen-bond donors (Lipinski definition) is 2. The summed E-state index contributed by atoms with van der Waals surface area (Å²) in [6.07, 6.45) is 3.45. The van der Waals surface area contributed by atoms with E-state index in [4.69, 9.17) is 5.11 Å². The lowest BCUT2D eigenvalue weighted by atomic mass is 10.1. The van der Waals surface area contributed by atoms with Gasteiger partial charge in [0.05, 0.1) is 0 Å². The zero-order valence-corrected chi connectivity index (χ0v) is 9.08. The maximum absolute atomic E-state index is 11.8. The molecular weight excluding hydrogens is 226 g/mol. The third-order valence-electron chi connectivity index (χ3n) is 2.51. The monoisotopic (exact) mass is 237 g/mol. The van der Waals surface area contributed by atoms with Gasteiger partial charge < -0.3 is 15.0 Å². The predicted molar refractivity (Wildman–Crippen MR) is 56.0 cm³/mol. The number of nitrogens with zero attached hydrogens (tertiary/aromatic N) is 2. The average Bonchev–Trinajstić information content (AvgIpc) is 2.76. The van der Waals surface area contributed by atoms with Crippen LogP contribution in [0.25, 0.3) is 0 Å². The van der Waals surface area contributed by atoms with E-state index in [-0.39, 0.29) is 0 Å². The highest BCUT2D eigenvalue weighted by atomic mass is 16.4. The number of imide groups is 1. The highest BCUT2D eigenvalue weighted by molar-refractivity contribution is 6.06. The van der Waals surface area contributed by atoms with Crippen LogP contribution >= 0.6 is 0 Å². The molecule has 2 N–H and O–H groups in total. The quantitative estimate of drug-likeness (QED) is 0.706. The third-order valence-corrected chi connectivity index (χ3v) is 2.51. The van der Waals surface area contributed by atoms with E-state index in [2.05, 4.69) is 5.32 Å². The number of carboxylic acids is 1. The van der Waals surface area contributed by atoms with Crippen molar-refractivity contribution in [2.24, 2.45) is 7.05 Å². The summed E-state index contributed by atoms with van der Waals surface area (Å²) in [6.45, 7) is -0.617. The lowest BCUT2D eigenvalue weighted by Crippen LogP contribution is -2.35. The third kappa shape index (κ3) is 1.99. The van der Waals surface area contributed by atoms with Crippen LogP contribution in [0.5, 0.6) is 0 Å². The molecule has 0 aliphatic carbocycles. The van der Waals surface area contributed by atoms with Gasteiger partial charge in [-0.3, -0.25) is 14.5 Å². The van der Waals surface area contributed by atoms with Crippen molar-refractivity contribution in [3.63, 3.8) is 0 Å². The number of rotatable bonds is 3. The molecule has 7 heteroatoms. The first-order chi connectivity index (χ1) is 7.99. The number of carbonyl (C=O) groups excluding carboxylic acids is 2. The number of hydrogen-bond acceptors (Lipinski definition) is 3. The number of aliphatic carboxylic acids is 1. The number of nitrogens with one attached hydrogen (secondary N) is 1. The highest BCUT2D eigenvalue weighted by Crippen LogP contribution is 2.21. The van der Waals surface area contributed by atoms with Crippen LogP contribution in [-0.2, 0) is 16.6 Å². The van der Waals surface area contributed by atoms with Gasteiger partial charge in [-0.2, -0.15) is 0 Å². The molecule has 7 nitrogen and oxygen atoms in total. The average molecular weight is 237 g/mol. The lowest BCUT2D eigenvalue weighted by Gasteiger charge is -2.08. The minimum Gasteiger partial charge on any atom is -0.480 e. The normalized spacial score (nSPS) is 19.6. The molecule has 17 heavy (non-hydrogen) atoms. The van der Waals surface area contributed by atoms with Gasteiger partial charge in [-0.1, -0.05) is 0 Å². The second-order valence-electron chi connectivity index (χ2n) is 3.81. The Hall–Kier alpha value is -2.31. The molecule has 1 saturated heterocycles. The summed E-state index contributed by atoms with van der Waals surface area (Å²) in [4.78, 5) is 34.5. The van der Waals surface area contributed by atoms with Crippen molar-refractivity contribution in [3.05, 3.63) is 24.0 Å². The number of aromatic nitrogens is 1. The topological polar surface area (TPSA) is 91.6 Å². The molecule has 0 radical (unpaired) electrons. The number of urea groups is 1. The van der Waals surface area contributed by atoms with Crippen LogP contribution in [0, 0.1) is 0 Å². The van der Waals surface area contributed by atoms with Crippen LogP contribution < -0.4 is 5.32 Å². The Morgan fingerprint density at radius 3 is 2.76 bits per heavy atom. The number of carbonyl (C=O) groups is 3. The molecule has 1 fully saturated rings. The fourth-order valence-electron chi connectivity index (χ4n) is 1.73. The van der Waals surface area contributed by atoms with Crippen molar-refractivity contribution in [2.45, 2.75) is 6.04 Å². The van der Waals surface area contributed by atoms with Gasteiger partial charge in [-0.05, 0) is 6.07 Å². The predicted octanol–water partition coefficient (Wildman–Crippen LogP) is -0.297. The molecule has 0 aromatic carbocycles. The fraction of sp³-hybridized carbons (Fsp3) is 0.300. The second-order valence-corrected chi connectivity index (χ2v) is 3.81. The first-order valence-electron chi connectivity index (χ1n) is 4.94. The van der Waals surface area contributed by atoms with Gasteiger partial charge in [0.2, 0.25) is 0 Å². The number of carboxylic acid groups (broad SMARTS) is 1. The van der Waals surface area contributed by atoms with Gasteiger partial charge in [-0.15, -0.1) is 0 Å². The summed E-state index contributed by atoms with van der Waals surface area (Å²) in [5.74, 6) is -1.76. The van der Waals surface area contributed by atoms with Crippen LogP contribution in [0.1, 0.15) is 11.6 Å². The number of aryl methyl sites for hydroxylation is 1. The van der Waals surface area contributed by atoms with E-state index in [9.17, 15) is 14.4 Å². The van der Waals surface area contributed by atoms with Gasteiger partial charge in [0, 0.05) is 25.0 Å². The Bertz CT molecular complexity index is 493. The number of amides is 3. The van der Waals surface area contributed by atoms with Crippen molar-refractivity contribution >= 4 is 17.9 Å². The summed E-state index contributed by atoms with van der Waals surface area (Å²) >= 11 is 0. The fourth-order valence-corrected chi connectivity index (χ4v) is 1.73. The lowest BCUT2D eigenvalue weighted by molar-refractivity contribution is -0.141. The van der Waals surface area contributed by atoms with E-state index in [1.807, 2.05) is 0 Å². The molecule has 1 atom stereocenters. The van der Waals surface area contributed by atoms with Gasteiger partial charge in [0.15, 0.2) is 0 Å². The Balaban J connectivity index is 2.21. The second kappa shape index (κ2) is 3.93. The maximum atomic E-state index is 11.8. The van der Waals surface area contributed by atoms with E-state index in [1.54, 1.807) is 30.1 Å². The molecule has 1 aromatic heterocycles. The molecule has 0 bridgehead atoms. The Morgan fingerprint density at radius 1 is 1.53 bits per heavy atom. The Kier molecular flexibility index (Phi) is 2.58. The van der Waals surface area contributed by atoms with E-state index < -0.39 is 30.5 Å². The van der Waals surface area contributed by atoms with Gasteiger partial charge in [-0.25, -0.2) is 4.79 Å². The molecule has 3 amide bonds. The molecule has 2 heterocycles. The minimum absolute atomic E-state index is 0.538. The van der Waals surface area contributed by atoms with Crippen LogP contribution in [-0.4, -0.2) is 39.0 Å². The molecule has 90 valence electrons. The summed E-state index contributed by atoms with van der Waals surface area (Å²) in [7, 11) is 1.79. The molecule has 0 saturated carbocycles. The molecule has 1 aromatic rings. The molecule has 1 aliphatic heterocycles. The van der Waals surface area contributed by atoms with Gasteiger partial charge in [0.25, 0.3) is 5.91 Å². The van der Waals surface area contributed by atoms with Crippen molar-refractivity contribution in [3.8, 4) is 0 Å². The zero-order chi connectivity index (χ0) is 12.6. The zero-order valence-electron chi connectivity index (χ0n) is 9.08. The Morgan fingerprint density at radius 2 is 2.24 bits per heavy atom. The maximum Gasteiger partial charge on any atom is 0.325 e. The van der Waals surface area contributed by atoms with E-state index in [1.165, 1.54) is 0 Å². The van der Waals surface area contributed by atoms with Crippen LogP contribution in [0.2, 0.25) is 0 Å². The van der Waals surface area contributed by atoms with Crippen LogP contribution in [0.3, 0.4) is 0 Å². The van der Waals surface area contributed by atoms with Crippen molar-refractivity contribution in [2.75, 3.05) is 6.54 Å². The SMILES string of the molecule is Cn1ccc(C2NC(=O)N(CC(=O)O)C2=O)c1. The van der Waals surface area contributed by atoms with Gasteiger partial charge in [0.1, 0.15) is 12.6 Å². The van der Waals surface area contributed by atoms with Crippen LogP contribution in [0.15, 0.2) is 18.5 Å². The highest BCUT2D eigenvalue weighted by Gasteiger charge is 2.40. The first-order valence-corrected chi connectivity index (χ1v) is 4.94. The largest absolute Gasteiger partial charge is 0.480 e. The molecule has 1 aliphatic rings. The van der Waals surface area contributed by atoms with Crippen LogP contribution in [0.4, 0.5) is 4.79 Å². The summed E-state index contributed by atoms with van der Waals surface area (Å²) in [6, 6.07) is 0.238. The molecule has 1 unspecified atom stereocenters. The minimum atomic E-state index is -1.22. The van der Waals surface area contributed by atoms with E-state index >= 15 is 0 Å². The summed E-state index contributed by atoms with van der Waals surface area (Å²) in [5, 5.41) is 11.0. The molecule has 0 spiro atoms. The van der Waals surface area contributed by atoms with Crippen molar-refractivity contribution in [1.29, 1.82) is 0 Å². The molecule has 2 rings (SSSR count). The summed E-state index contributed by atoms with van der Waals surface area (Å²) < 4.78 is 1.74.